The molecule has 148 valence electrons. The highest BCUT2D eigenvalue weighted by Gasteiger charge is 2.51. The Morgan fingerprint density at radius 2 is 2.00 bits per heavy atom. The van der Waals surface area contributed by atoms with E-state index in [4.69, 9.17) is 16.2 Å². The van der Waals surface area contributed by atoms with Gasteiger partial charge in [0.15, 0.2) is 5.96 Å². The highest BCUT2D eigenvalue weighted by Crippen LogP contribution is 2.49. The molecule has 2 aliphatic rings. The molecule has 4 N–H and O–H groups in total. The molecule has 0 saturated carbocycles. The number of ether oxygens (including phenoxy) is 1. The fraction of sp³-hybridized carbons (Fsp3) is 0.524. The lowest BCUT2D eigenvalue weighted by atomic mass is 9.86. The van der Waals surface area contributed by atoms with Crippen molar-refractivity contribution in [2.24, 2.45) is 16.5 Å². The van der Waals surface area contributed by atoms with Crippen LogP contribution in [0.2, 0.25) is 0 Å². The van der Waals surface area contributed by atoms with Gasteiger partial charge in [-0.3, -0.25) is 9.69 Å². The molecular weight excluding hydrogens is 340 g/mol. The van der Waals surface area contributed by atoms with Crippen molar-refractivity contribution in [3.05, 3.63) is 35.9 Å². The molecule has 2 atom stereocenters. The van der Waals surface area contributed by atoms with Crippen molar-refractivity contribution in [1.82, 2.24) is 4.90 Å². The SMILES string of the molecule is C=C(N)c1ccc2c(c1)C(N1C(=O)CC(C)(C)N=C1N)C(C)(CC)O2.CC. The lowest BCUT2D eigenvalue weighted by molar-refractivity contribution is -0.134. The van der Waals surface area contributed by atoms with Crippen LogP contribution in [0.3, 0.4) is 0 Å². The van der Waals surface area contributed by atoms with Gasteiger partial charge in [0.1, 0.15) is 17.4 Å². The second-order valence-electron chi connectivity index (χ2n) is 7.67. The standard InChI is InChI=1S/C19H26N4O2.C2H6/c1-6-19(5)16(23-15(24)10-18(3,4)22-17(23)21)13-9-12(11(2)20)7-8-14(13)25-19;1-2/h7-9,16H,2,6,10,20H2,1,3-5H3,(H2,21,22);1-2H3. The van der Waals surface area contributed by atoms with Gasteiger partial charge in [-0.1, -0.05) is 27.4 Å². The average molecular weight is 373 g/mol. The van der Waals surface area contributed by atoms with Crippen LogP contribution in [-0.2, 0) is 4.79 Å². The van der Waals surface area contributed by atoms with E-state index in [1.807, 2.05) is 59.7 Å². The molecule has 6 heteroatoms. The second-order valence-corrected chi connectivity index (χ2v) is 7.67. The zero-order chi connectivity index (χ0) is 20.6. The smallest absolute Gasteiger partial charge is 0.232 e. The second kappa shape index (κ2) is 7.25. The summed E-state index contributed by atoms with van der Waals surface area (Å²) in [6.07, 6.45) is 1.02. The van der Waals surface area contributed by atoms with Crippen LogP contribution in [-0.4, -0.2) is 27.9 Å². The summed E-state index contributed by atoms with van der Waals surface area (Å²) < 4.78 is 6.22. The first-order valence-electron chi connectivity index (χ1n) is 9.53. The van der Waals surface area contributed by atoms with Crippen LogP contribution in [0.4, 0.5) is 0 Å². The number of guanidine groups is 1. The number of hydrogen-bond acceptors (Lipinski definition) is 5. The number of nitrogens with two attached hydrogens (primary N) is 2. The van der Waals surface area contributed by atoms with Crippen LogP contribution < -0.4 is 16.2 Å². The first-order valence-corrected chi connectivity index (χ1v) is 9.53. The van der Waals surface area contributed by atoms with Gasteiger partial charge in [0, 0.05) is 11.3 Å². The van der Waals surface area contributed by atoms with Gasteiger partial charge in [0.2, 0.25) is 5.91 Å². The summed E-state index contributed by atoms with van der Waals surface area (Å²) in [7, 11) is 0. The summed E-state index contributed by atoms with van der Waals surface area (Å²) in [6.45, 7) is 15.6. The summed E-state index contributed by atoms with van der Waals surface area (Å²) >= 11 is 0. The van der Waals surface area contributed by atoms with Crippen LogP contribution in [0.15, 0.2) is 29.8 Å². The predicted octanol–water partition coefficient (Wildman–Crippen LogP) is 3.57. The molecule has 6 nitrogen and oxygen atoms in total. The van der Waals surface area contributed by atoms with Gasteiger partial charge < -0.3 is 16.2 Å². The predicted molar refractivity (Wildman–Crippen MR) is 110 cm³/mol. The number of rotatable bonds is 3. The molecule has 1 aromatic rings. The van der Waals surface area contributed by atoms with Gasteiger partial charge in [-0.05, 0) is 51.0 Å². The third-order valence-electron chi connectivity index (χ3n) is 5.07. The summed E-state index contributed by atoms with van der Waals surface area (Å²) in [5, 5.41) is 0. The van der Waals surface area contributed by atoms with Crippen LogP contribution in [0.5, 0.6) is 5.75 Å². The van der Waals surface area contributed by atoms with Crippen molar-refractivity contribution in [1.29, 1.82) is 0 Å². The van der Waals surface area contributed by atoms with Crippen molar-refractivity contribution in [2.45, 2.75) is 71.6 Å². The molecule has 3 rings (SSSR count). The van der Waals surface area contributed by atoms with E-state index in [2.05, 4.69) is 11.6 Å². The highest BCUT2D eigenvalue weighted by molar-refractivity contribution is 5.99. The minimum absolute atomic E-state index is 0.0457. The molecular formula is C21H32N4O2. The maximum absolute atomic E-state index is 12.9. The number of carbonyl (C=O) groups is 1. The molecule has 0 fully saturated rings. The maximum Gasteiger partial charge on any atom is 0.232 e. The minimum atomic E-state index is -0.589. The van der Waals surface area contributed by atoms with E-state index in [0.29, 0.717) is 18.5 Å². The zero-order valence-corrected chi connectivity index (χ0v) is 17.3. The number of benzene rings is 1. The Morgan fingerprint density at radius 1 is 1.37 bits per heavy atom. The van der Waals surface area contributed by atoms with Gasteiger partial charge >= 0.3 is 0 Å². The van der Waals surface area contributed by atoms with Crippen molar-refractivity contribution >= 4 is 17.6 Å². The first-order chi connectivity index (χ1) is 12.6. The van der Waals surface area contributed by atoms with Crippen molar-refractivity contribution in [2.75, 3.05) is 0 Å². The van der Waals surface area contributed by atoms with Gasteiger partial charge in [-0.25, -0.2) is 4.99 Å². The van der Waals surface area contributed by atoms with E-state index >= 15 is 0 Å². The summed E-state index contributed by atoms with van der Waals surface area (Å²) in [5.74, 6) is 0.930. The van der Waals surface area contributed by atoms with Crippen LogP contribution in [0.1, 0.15) is 71.6 Å². The Balaban J connectivity index is 0.00000126. The Bertz CT molecular complexity index is 784. The molecule has 2 heterocycles. The first kappa shape index (κ1) is 20.8. The van der Waals surface area contributed by atoms with E-state index in [1.54, 1.807) is 4.90 Å². The molecule has 0 radical (unpaired) electrons. The van der Waals surface area contributed by atoms with E-state index in [-0.39, 0.29) is 17.9 Å². The van der Waals surface area contributed by atoms with Crippen LogP contribution in [0, 0.1) is 0 Å². The van der Waals surface area contributed by atoms with E-state index in [0.717, 1.165) is 16.9 Å². The molecule has 27 heavy (non-hydrogen) atoms. The largest absolute Gasteiger partial charge is 0.485 e. The molecule has 2 unspecified atom stereocenters. The van der Waals surface area contributed by atoms with Gasteiger partial charge in [0.25, 0.3) is 0 Å². The topological polar surface area (TPSA) is 93.9 Å². The zero-order valence-electron chi connectivity index (χ0n) is 17.3. The number of amides is 1. The quantitative estimate of drug-likeness (QED) is 0.848. The highest BCUT2D eigenvalue weighted by atomic mass is 16.5. The van der Waals surface area contributed by atoms with Crippen molar-refractivity contribution in [3.63, 3.8) is 0 Å². The summed E-state index contributed by atoms with van der Waals surface area (Å²) in [6, 6.07) is 5.34. The van der Waals surface area contributed by atoms with E-state index in [9.17, 15) is 4.79 Å². The Morgan fingerprint density at radius 3 is 2.52 bits per heavy atom. The van der Waals surface area contributed by atoms with Gasteiger partial charge in [-0.2, -0.15) is 0 Å². The normalized spacial score (nSPS) is 25.7. The number of nitrogens with zero attached hydrogens (tertiary/aromatic N) is 2. The lowest BCUT2D eigenvalue weighted by Gasteiger charge is -2.41. The van der Waals surface area contributed by atoms with Gasteiger partial charge in [0.05, 0.1) is 12.0 Å². The number of aliphatic imine (C=N–C) groups is 1. The molecule has 1 amide bonds. The number of hydrogen-bond donors (Lipinski definition) is 2. The van der Waals surface area contributed by atoms with Crippen LogP contribution >= 0.6 is 0 Å². The molecule has 2 aliphatic heterocycles. The third-order valence-corrected chi connectivity index (χ3v) is 5.07. The Hall–Kier alpha value is -2.50. The summed E-state index contributed by atoms with van der Waals surface area (Å²) in [4.78, 5) is 19.0. The lowest BCUT2D eigenvalue weighted by Crippen LogP contribution is -2.56. The maximum atomic E-state index is 12.9. The van der Waals surface area contributed by atoms with Gasteiger partial charge in [-0.15, -0.1) is 0 Å². The molecule has 0 spiro atoms. The molecule has 0 saturated heterocycles. The Kier molecular flexibility index (Phi) is 5.59. The Labute approximate surface area is 162 Å². The molecule has 0 aromatic heterocycles. The monoisotopic (exact) mass is 372 g/mol. The molecule has 1 aromatic carbocycles. The third kappa shape index (κ3) is 3.66. The number of fused-ring (bicyclic) bond motifs is 1. The van der Waals surface area contributed by atoms with E-state index < -0.39 is 11.1 Å². The summed E-state index contributed by atoms with van der Waals surface area (Å²) in [5.41, 5.74) is 13.2. The molecule has 0 bridgehead atoms. The minimum Gasteiger partial charge on any atom is -0.485 e. The van der Waals surface area contributed by atoms with Crippen LogP contribution in [0.25, 0.3) is 5.70 Å². The van der Waals surface area contributed by atoms with Crippen molar-refractivity contribution < 1.29 is 9.53 Å². The van der Waals surface area contributed by atoms with E-state index in [1.165, 1.54) is 0 Å². The number of carbonyl (C=O) groups excluding carboxylic acids is 1. The average Bonchev–Trinajstić information content (AvgIpc) is 2.87. The van der Waals surface area contributed by atoms with Crippen molar-refractivity contribution in [3.8, 4) is 5.75 Å². The fourth-order valence-corrected chi connectivity index (χ4v) is 3.63. The fourth-order valence-electron chi connectivity index (χ4n) is 3.63. The molecule has 0 aliphatic carbocycles.